The number of nitrogens with zero attached hydrogens (tertiary/aromatic N) is 1. The molecule has 8 heteroatoms. The molecule has 6 nitrogen and oxygen atoms in total. The number of fused-ring (bicyclic) bond motifs is 3. The van der Waals surface area contributed by atoms with E-state index in [9.17, 15) is 13.9 Å². The van der Waals surface area contributed by atoms with E-state index in [4.69, 9.17) is 0 Å². The minimum absolute atomic E-state index is 0.0342. The Labute approximate surface area is 216 Å². The van der Waals surface area contributed by atoms with Gasteiger partial charge < -0.3 is 19.9 Å². The summed E-state index contributed by atoms with van der Waals surface area (Å²) in [7, 11) is 0. The van der Waals surface area contributed by atoms with Gasteiger partial charge >= 0.3 is 6.29 Å². The van der Waals surface area contributed by atoms with Gasteiger partial charge in [0.25, 0.3) is 0 Å². The summed E-state index contributed by atoms with van der Waals surface area (Å²) >= 11 is 0. The van der Waals surface area contributed by atoms with E-state index in [1.807, 2.05) is 6.20 Å². The highest BCUT2D eigenvalue weighted by molar-refractivity contribution is 5.45. The molecule has 3 N–H and O–H groups in total. The lowest BCUT2D eigenvalue weighted by Crippen LogP contribution is -2.53. The van der Waals surface area contributed by atoms with Gasteiger partial charge in [-0.2, -0.15) is 5.10 Å². The predicted molar refractivity (Wildman–Crippen MR) is 135 cm³/mol. The van der Waals surface area contributed by atoms with Gasteiger partial charge in [-0.15, -0.1) is 8.78 Å². The number of aromatic amines is 1. The van der Waals surface area contributed by atoms with Crippen molar-refractivity contribution in [3.05, 3.63) is 53.4 Å². The summed E-state index contributed by atoms with van der Waals surface area (Å²) in [4.78, 5) is 0. The van der Waals surface area contributed by atoms with Crippen molar-refractivity contribution in [2.75, 3.05) is 13.2 Å². The second kappa shape index (κ2) is 8.80. The molecule has 1 aromatic carbocycles. The van der Waals surface area contributed by atoms with Crippen molar-refractivity contribution in [3.8, 4) is 11.5 Å². The molecule has 0 unspecified atom stereocenters. The molecule has 37 heavy (non-hydrogen) atoms. The monoisotopic (exact) mass is 513 g/mol. The third-order valence-corrected chi connectivity index (χ3v) is 10.4. The Hall–Kier alpha value is -2.45. The number of aromatic nitrogens is 2. The average molecular weight is 514 g/mol. The maximum atomic E-state index is 13.5. The zero-order valence-corrected chi connectivity index (χ0v) is 21.7. The van der Waals surface area contributed by atoms with Crippen molar-refractivity contribution < 1.29 is 23.4 Å². The minimum atomic E-state index is -3.60. The van der Waals surface area contributed by atoms with Crippen LogP contribution >= 0.6 is 0 Å². The highest BCUT2D eigenvalue weighted by Crippen LogP contribution is 2.62. The van der Waals surface area contributed by atoms with E-state index in [0.717, 1.165) is 56.3 Å². The average Bonchev–Trinajstić information content (AvgIpc) is 3.51. The van der Waals surface area contributed by atoms with Gasteiger partial charge in [0.15, 0.2) is 11.5 Å². The number of rotatable bonds is 6. The van der Waals surface area contributed by atoms with Gasteiger partial charge in [-0.05, 0) is 103 Å². The first-order chi connectivity index (χ1) is 17.6. The van der Waals surface area contributed by atoms with E-state index >= 15 is 0 Å². The van der Waals surface area contributed by atoms with Crippen LogP contribution in [0.1, 0.15) is 56.4 Å². The second-order valence-corrected chi connectivity index (χ2v) is 12.2. The molecule has 2 saturated carbocycles. The van der Waals surface area contributed by atoms with Crippen molar-refractivity contribution in [2.45, 2.75) is 65.2 Å². The summed E-state index contributed by atoms with van der Waals surface area (Å²) < 4.78 is 36.1. The second-order valence-electron chi connectivity index (χ2n) is 12.2. The summed E-state index contributed by atoms with van der Waals surface area (Å²) in [6, 6.07) is 4.99. The number of alkyl halides is 2. The quantitative estimate of drug-likeness (QED) is 0.461. The van der Waals surface area contributed by atoms with Crippen LogP contribution in [0.2, 0.25) is 0 Å². The fourth-order valence-electron chi connectivity index (χ4n) is 8.19. The van der Waals surface area contributed by atoms with Gasteiger partial charge in [-0.25, -0.2) is 0 Å². The van der Waals surface area contributed by atoms with Crippen molar-refractivity contribution in [1.82, 2.24) is 15.5 Å². The number of H-pyrrole nitrogens is 1. The predicted octanol–water partition coefficient (Wildman–Crippen LogP) is 5.23. The number of benzene rings is 1. The standard InChI is InChI=1S/C29H37F2N3O3/c1-17-4-6-22-21(15-32-13-18-5-7-25-26(10-18)37-29(30,31)36-25)23(8-9-27(17,22)2)28(3)12-19-14-33-34-24(19)11-20(28)16-35/h5,7,10,14,20-23,32,35H,1,4,6,8-9,11-13,15-16H2,2-3H3,(H,33,34)/t20-,21+,22+,23+,27-,28+/m1/s1. The molecule has 4 aliphatic rings. The lowest BCUT2D eigenvalue weighted by Gasteiger charge is -2.56. The molecule has 6 atom stereocenters. The van der Waals surface area contributed by atoms with Crippen LogP contribution in [0.5, 0.6) is 11.5 Å². The van der Waals surface area contributed by atoms with E-state index in [-0.39, 0.29) is 34.9 Å². The maximum Gasteiger partial charge on any atom is 0.586 e. The minimum Gasteiger partial charge on any atom is -0.396 e. The lowest BCUT2D eigenvalue weighted by atomic mass is 9.49. The summed E-state index contributed by atoms with van der Waals surface area (Å²) in [6.45, 7) is 10.8. The molecule has 6 rings (SSSR count). The molecule has 1 aromatic heterocycles. The molecule has 3 aliphatic carbocycles. The molecule has 0 amide bonds. The number of ether oxygens (including phenoxy) is 2. The van der Waals surface area contributed by atoms with Gasteiger partial charge in [0, 0.05) is 18.8 Å². The summed E-state index contributed by atoms with van der Waals surface area (Å²) in [6.07, 6.45) is 4.58. The molecular weight excluding hydrogens is 476 g/mol. The van der Waals surface area contributed by atoms with E-state index in [0.29, 0.717) is 24.3 Å². The Morgan fingerprint density at radius 2 is 2.00 bits per heavy atom. The van der Waals surface area contributed by atoms with Crippen LogP contribution in [0.4, 0.5) is 8.78 Å². The third-order valence-electron chi connectivity index (χ3n) is 10.4. The van der Waals surface area contributed by atoms with Crippen molar-refractivity contribution >= 4 is 0 Å². The number of halogens is 2. The van der Waals surface area contributed by atoms with E-state index in [1.165, 1.54) is 11.1 Å². The highest BCUT2D eigenvalue weighted by Gasteiger charge is 2.56. The zero-order valence-electron chi connectivity index (χ0n) is 21.7. The van der Waals surface area contributed by atoms with Crippen LogP contribution in [0, 0.1) is 34.5 Å². The van der Waals surface area contributed by atoms with Gasteiger partial charge in [-0.3, -0.25) is 5.10 Å². The summed E-state index contributed by atoms with van der Waals surface area (Å²) in [5, 5.41) is 21.6. The van der Waals surface area contributed by atoms with Crippen molar-refractivity contribution in [3.63, 3.8) is 0 Å². The maximum absolute atomic E-state index is 13.5. The number of nitrogens with one attached hydrogen (secondary N) is 2. The fraction of sp³-hybridized carbons (Fsp3) is 0.621. The first kappa shape index (κ1) is 24.9. The molecule has 0 spiro atoms. The molecule has 0 radical (unpaired) electrons. The normalized spacial score (nSPS) is 35.9. The summed E-state index contributed by atoms with van der Waals surface area (Å²) in [5.41, 5.74) is 4.81. The third kappa shape index (κ3) is 4.07. The van der Waals surface area contributed by atoms with Gasteiger partial charge in [0.1, 0.15) is 0 Å². The van der Waals surface area contributed by atoms with Crippen LogP contribution in [-0.4, -0.2) is 34.8 Å². The van der Waals surface area contributed by atoms with E-state index < -0.39 is 6.29 Å². The molecule has 2 fully saturated rings. The Bertz CT molecular complexity index is 1200. The smallest absolute Gasteiger partial charge is 0.396 e. The number of hydrogen-bond donors (Lipinski definition) is 3. The molecular formula is C29H37F2N3O3. The number of aliphatic hydroxyl groups excluding tert-OH is 1. The zero-order chi connectivity index (χ0) is 26.0. The van der Waals surface area contributed by atoms with Crippen LogP contribution < -0.4 is 14.8 Å². The van der Waals surface area contributed by atoms with Crippen LogP contribution in [0.25, 0.3) is 0 Å². The Morgan fingerprint density at radius 3 is 2.81 bits per heavy atom. The fourth-order valence-corrected chi connectivity index (χ4v) is 8.19. The molecule has 2 aromatic rings. The van der Waals surface area contributed by atoms with Gasteiger partial charge in [0.2, 0.25) is 0 Å². The highest BCUT2D eigenvalue weighted by atomic mass is 19.3. The topological polar surface area (TPSA) is 79.4 Å². The Balaban J connectivity index is 1.24. The Kier molecular flexibility index (Phi) is 5.91. The molecule has 1 aliphatic heterocycles. The van der Waals surface area contributed by atoms with Crippen LogP contribution in [-0.2, 0) is 19.4 Å². The molecule has 0 bridgehead atoms. The van der Waals surface area contributed by atoms with Gasteiger partial charge in [-0.1, -0.05) is 32.1 Å². The van der Waals surface area contributed by atoms with E-state index in [1.54, 1.807) is 18.2 Å². The Morgan fingerprint density at radius 1 is 1.19 bits per heavy atom. The van der Waals surface area contributed by atoms with Crippen LogP contribution in [0.3, 0.4) is 0 Å². The molecule has 0 saturated heterocycles. The largest absolute Gasteiger partial charge is 0.586 e. The molecule has 2 heterocycles. The number of allylic oxidation sites excluding steroid dienone is 1. The van der Waals surface area contributed by atoms with Gasteiger partial charge in [0.05, 0.1) is 6.20 Å². The van der Waals surface area contributed by atoms with Crippen molar-refractivity contribution in [2.24, 2.45) is 34.5 Å². The first-order valence-corrected chi connectivity index (χ1v) is 13.5. The first-order valence-electron chi connectivity index (χ1n) is 13.5. The lowest BCUT2D eigenvalue weighted by molar-refractivity contribution is -0.286. The van der Waals surface area contributed by atoms with E-state index in [2.05, 4.69) is 45.4 Å². The van der Waals surface area contributed by atoms with Crippen LogP contribution in [0.15, 0.2) is 36.5 Å². The SMILES string of the molecule is C=C1CC[C@H]2[C@H](CNCc3ccc4c(c3)OC(F)(F)O4)[C@@H]([C@@]3(C)Cc4cn[nH]c4C[C@@H]3CO)CC[C@]12C. The number of aliphatic hydroxyl groups is 1. The summed E-state index contributed by atoms with van der Waals surface area (Å²) in [5.74, 6) is 1.72. The number of hydrogen-bond acceptors (Lipinski definition) is 5. The molecule has 200 valence electrons. The van der Waals surface area contributed by atoms with Crippen molar-refractivity contribution in [1.29, 1.82) is 0 Å².